The van der Waals surface area contributed by atoms with E-state index in [1.54, 1.807) is 23.8 Å². The normalized spacial score (nSPS) is 27.9. The van der Waals surface area contributed by atoms with Gasteiger partial charge < -0.3 is 24.6 Å². The Labute approximate surface area is 230 Å². The Hall–Kier alpha value is -1.94. The molecule has 0 spiro atoms. The van der Waals surface area contributed by atoms with Gasteiger partial charge in [-0.05, 0) is 68.6 Å². The van der Waals surface area contributed by atoms with E-state index < -0.39 is 11.6 Å². The van der Waals surface area contributed by atoms with Gasteiger partial charge >= 0.3 is 0 Å². The van der Waals surface area contributed by atoms with Gasteiger partial charge in [0, 0.05) is 25.8 Å². The van der Waals surface area contributed by atoms with E-state index in [-0.39, 0.29) is 35.6 Å². The molecule has 4 aliphatic rings. The van der Waals surface area contributed by atoms with E-state index in [4.69, 9.17) is 9.47 Å². The zero-order valence-corrected chi connectivity index (χ0v) is 23.5. The quantitative estimate of drug-likeness (QED) is 0.540. The van der Waals surface area contributed by atoms with Crippen LogP contribution < -0.4 is 5.32 Å². The summed E-state index contributed by atoms with van der Waals surface area (Å²) in [5.74, 6) is 0.133. The summed E-state index contributed by atoms with van der Waals surface area (Å²) >= 11 is 1.64. The minimum absolute atomic E-state index is 0.0303. The summed E-state index contributed by atoms with van der Waals surface area (Å²) in [5.41, 5.74) is 0.872. The van der Waals surface area contributed by atoms with Crippen LogP contribution in [0.1, 0.15) is 66.8 Å². The Bertz CT molecular complexity index is 1000. The summed E-state index contributed by atoms with van der Waals surface area (Å²) < 4.78 is 11.0. The highest BCUT2D eigenvalue weighted by Gasteiger charge is 2.56. The number of hydrogen-bond acceptors (Lipinski definition) is 7. The first-order valence-corrected chi connectivity index (χ1v) is 15.4. The minimum atomic E-state index is -0.968. The molecule has 38 heavy (non-hydrogen) atoms. The average Bonchev–Trinajstić information content (AvgIpc) is 3.52. The Morgan fingerprint density at radius 3 is 2.50 bits per heavy atom. The van der Waals surface area contributed by atoms with Crippen molar-refractivity contribution in [2.75, 3.05) is 52.8 Å². The maximum absolute atomic E-state index is 14.1. The molecule has 9 heteroatoms. The maximum atomic E-state index is 14.1. The van der Waals surface area contributed by atoms with Crippen LogP contribution in [0.2, 0.25) is 0 Å². The van der Waals surface area contributed by atoms with Crippen molar-refractivity contribution in [1.82, 2.24) is 15.1 Å². The second-order valence-corrected chi connectivity index (χ2v) is 12.3. The van der Waals surface area contributed by atoms with Crippen molar-refractivity contribution < 1.29 is 23.9 Å². The van der Waals surface area contributed by atoms with Crippen molar-refractivity contribution in [3.63, 3.8) is 0 Å². The number of carbonyl (C=O) groups is 3. The number of methoxy groups -OCH3 is 1. The lowest BCUT2D eigenvalue weighted by Crippen LogP contribution is -2.62. The molecule has 3 aliphatic heterocycles. The second-order valence-electron chi connectivity index (χ2n) is 11.2. The molecule has 208 valence electrons. The van der Waals surface area contributed by atoms with Gasteiger partial charge in [0.25, 0.3) is 5.91 Å². The highest BCUT2D eigenvalue weighted by atomic mass is 32.2. The van der Waals surface area contributed by atoms with Gasteiger partial charge in [0.2, 0.25) is 5.91 Å². The van der Waals surface area contributed by atoms with E-state index in [1.807, 2.05) is 18.4 Å². The van der Waals surface area contributed by atoms with Crippen molar-refractivity contribution in [2.24, 2.45) is 0 Å². The molecule has 8 nitrogen and oxygen atoms in total. The smallest absolute Gasteiger partial charge is 0.252 e. The number of ether oxygens (including phenoxy) is 2. The summed E-state index contributed by atoms with van der Waals surface area (Å²) in [7, 11) is 1.74. The van der Waals surface area contributed by atoms with Gasteiger partial charge in [-0.2, -0.15) is 11.8 Å². The van der Waals surface area contributed by atoms with Crippen LogP contribution in [-0.2, 0) is 19.1 Å². The number of carbonyl (C=O) groups excluding carboxylic acids is 3. The van der Waals surface area contributed by atoms with E-state index in [1.165, 1.54) is 5.56 Å². The van der Waals surface area contributed by atoms with Crippen LogP contribution in [-0.4, -0.2) is 103 Å². The molecular formula is C29H41N3O5S. The van der Waals surface area contributed by atoms with Crippen LogP contribution in [0.15, 0.2) is 24.3 Å². The second kappa shape index (κ2) is 12.1. The SMILES string of the molecule is COCCN1CCC(c2ccc(C(=O)NC3(C(=O)N4C[C@H](SC)[C@H]5OCC(=O)[C@H]54)CCCCC3)cc2)CC1. The van der Waals surface area contributed by atoms with Crippen LogP contribution in [0.5, 0.6) is 0 Å². The number of thioether (sulfide) groups is 1. The fourth-order valence-electron chi connectivity index (χ4n) is 6.76. The fraction of sp³-hybridized carbons (Fsp3) is 0.690. The van der Waals surface area contributed by atoms with Gasteiger partial charge in [0.05, 0.1) is 18.0 Å². The van der Waals surface area contributed by atoms with Crippen LogP contribution in [0.3, 0.4) is 0 Å². The molecule has 5 rings (SSSR count). The number of ketones is 1. The van der Waals surface area contributed by atoms with E-state index >= 15 is 0 Å². The molecule has 0 aromatic heterocycles. The molecule has 0 radical (unpaired) electrons. The Morgan fingerprint density at radius 2 is 1.84 bits per heavy atom. The first-order chi connectivity index (χ1) is 18.5. The zero-order valence-electron chi connectivity index (χ0n) is 22.7. The third-order valence-electron chi connectivity index (χ3n) is 9.01. The molecule has 1 aliphatic carbocycles. The monoisotopic (exact) mass is 543 g/mol. The molecule has 3 heterocycles. The molecule has 1 N–H and O–H groups in total. The fourth-order valence-corrected chi connectivity index (χ4v) is 7.56. The molecule has 4 fully saturated rings. The molecule has 1 aromatic rings. The molecule has 0 unspecified atom stereocenters. The number of likely N-dealkylation sites (tertiary alicyclic amines) is 2. The number of Topliss-reactive ketones (excluding diaryl/α,β-unsaturated/α-hetero) is 1. The van der Waals surface area contributed by atoms with Gasteiger partial charge in [0.15, 0.2) is 5.78 Å². The van der Waals surface area contributed by atoms with Crippen LogP contribution >= 0.6 is 11.8 Å². The lowest BCUT2D eigenvalue weighted by atomic mass is 9.80. The summed E-state index contributed by atoms with van der Waals surface area (Å²) in [6, 6.07) is 7.40. The lowest BCUT2D eigenvalue weighted by Gasteiger charge is -2.40. The topological polar surface area (TPSA) is 88.2 Å². The Kier molecular flexibility index (Phi) is 8.77. The van der Waals surface area contributed by atoms with E-state index in [9.17, 15) is 14.4 Å². The summed E-state index contributed by atoms with van der Waals surface area (Å²) in [4.78, 5) is 44.4. The molecule has 2 amide bonds. The van der Waals surface area contributed by atoms with E-state index in [0.717, 1.165) is 58.3 Å². The van der Waals surface area contributed by atoms with Crippen molar-refractivity contribution in [3.05, 3.63) is 35.4 Å². The van der Waals surface area contributed by atoms with Crippen molar-refractivity contribution in [1.29, 1.82) is 0 Å². The number of piperidine rings is 1. The molecule has 1 aromatic carbocycles. The van der Waals surface area contributed by atoms with Gasteiger partial charge in [-0.15, -0.1) is 0 Å². The highest BCUT2D eigenvalue weighted by Crippen LogP contribution is 2.38. The first kappa shape index (κ1) is 27.6. The number of rotatable bonds is 8. The number of amides is 2. The maximum Gasteiger partial charge on any atom is 0.252 e. The van der Waals surface area contributed by atoms with E-state index in [2.05, 4.69) is 22.3 Å². The number of nitrogens with one attached hydrogen (secondary N) is 1. The number of nitrogens with zero attached hydrogens (tertiary/aromatic N) is 2. The Balaban J connectivity index is 1.26. The largest absolute Gasteiger partial charge is 0.383 e. The molecular weight excluding hydrogens is 502 g/mol. The Morgan fingerprint density at radius 1 is 1.13 bits per heavy atom. The van der Waals surface area contributed by atoms with Gasteiger partial charge in [-0.3, -0.25) is 14.4 Å². The third-order valence-corrected chi connectivity index (χ3v) is 10.0. The first-order valence-electron chi connectivity index (χ1n) is 14.1. The third kappa shape index (κ3) is 5.53. The average molecular weight is 544 g/mol. The van der Waals surface area contributed by atoms with Crippen LogP contribution in [0.25, 0.3) is 0 Å². The lowest BCUT2D eigenvalue weighted by molar-refractivity contribution is -0.143. The van der Waals surface area contributed by atoms with Crippen molar-refractivity contribution in [2.45, 2.75) is 73.8 Å². The number of benzene rings is 1. The van der Waals surface area contributed by atoms with Crippen molar-refractivity contribution >= 4 is 29.4 Å². The summed E-state index contributed by atoms with van der Waals surface area (Å²) in [6.07, 6.45) is 7.96. The summed E-state index contributed by atoms with van der Waals surface area (Å²) in [5, 5.41) is 3.24. The minimum Gasteiger partial charge on any atom is -0.383 e. The molecule has 3 atom stereocenters. The van der Waals surface area contributed by atoms with E-state index in [0.29, 0.717) is 30.9 Å². The standard InChI is InChI=1S/C29H41N3O5S/c1-36-17-16-31-14-10-21(11-15-31)20-6-8-22(9-7-20)27(34)30-29(12-4-3-5-13-29)28(35)32-18-24(38-2)26-25(32)23(33)19-37-26/h6-9,21,24-26H,3-5,10-19H2,1-2H3,(H,30,34)/t24-,25+,26+/m0/s1. The van der Waals surface area contributed by atoms with Crippen molar-refractivity contribution in [3.8, 4) is 0 Å². The van der Waals surface area contributed by atoms with Crippen LogP contribution in [0.4, 0.5) is 0 Å². The zero-order chi connectivity index (χ0) is 26.7. The number of hydrogen-bond donors (Lipinski definition) is 1. The summed E-state index contributed by atoms with van der Waals surface area (Å²) in [6.45, 7) is 4.40. The predicted molar refractivity (Wildman–Crippen MR) is 148 cm³/mol. The highest BCUT2D eigenvalue weighted by molar-refractivity contribution is 7.99. The number of fused-ring (bicyclic) bond motifs is 1. The van der Waals surface area contributed by atoms with Gasteiger partial charge in [-0.1, -0.05) is 31.4 Å². The van der Waals surface area contributed by atoms with Crippen LogP contribution in [0, 0.1) is 0 Å². The predicted octanol–water partition coefficient (Wildman–Crippen LogP) is 2.86. The van der Waals surface area contributed by atoms with Gasteiger partial charge in [0.1, 0.15) is 18.2 Å². The van der Waals surface area contributed by atoms with Gasteiger partial charge in [-0.25, -0.2) is 0 Å². The molecule has 3 saturated heterocycles. The molecule has 0 bridgehead atoms. The molecule has 1 saturated carbocycles.